The van der Waals surface area contributed by atoms with Crippen LogP contribution in [-0.4, -0.2) is 20.3 Å². The number of hydrogen-bond acceptors (Lipinski definition) is 4. The van der Waals surface area contributed by atoms with E-state index in [-0.39, 0.29) is 0 Å². The molecule has 4 nitrogen and oxygen atoms in total. The second-order valence-electron chi connectivity index (χ2n) is 7.07. The maximum Gasteiger partial charge on any atom is 0.238 e. The molecule has 0 atom stereocenters. The molecule has 4 aromatic rings. The van der Waals surface area contributed by atoms with Crippen LogP contribution in [0.1, 0.15) is 11.1 Å². The Bertz CT molecular complexity index is 1200. The van der Waals surface area contributed by atoms with Crippen LogP contribution in [-0.2, 0) is 0 Å². The van der Waals surface area contributed by atoms with Gasteiger partial charge in [0.25, 0.3) is 0 Å². The van der Waals surface area contributed by atoms with Gasteiger partial charge in [-0.15, -0.1) is 0 Å². The summed E-state index contributed by atoms with van der Waals surface area (Å²) in [7, 11) is 4.00. The van der Waals surface area contributed by atoms with Crippen LogP contribution in [0.15, 0.2) is 94.3 Å². The smallest absolute Gasteiger partial charge is 0.238 e. The third-order valence-corrected chi connectivity index (χ3v) is 4.84. The third kappa shape index (κ3) is 3.87. The molecule has 0 N–H and O–H groups in total. The minimum atomic E-state index is 0.312. The Morgan fingerprint density at radius 2 is 1.43 bits per heavy atom. The number of hydrogen-bond donors (Lipinski definition) is 0. The fourth-order valence-electron chi connectivity index (χ4n) is 3.28. The van der Waals surface area contributed by atoms with Crippen molar-refractivity contribution < 1.29 is 4.42 Å². The molecule has 0 bridgehead atoms. The predicted octanol–water partition coefficient (Wildman–Crippen LogP) is 6.30. The minimum Gasteiger partial charge on any atom is -0.436 e. The van der Waals surface area contributed by atoms with Gasteiger partial charge in [0.2, 0.25) is 5.88 Å². The van der Waals surface area contributed by atoms with Crippen molar-refractivity contribution in [2.75, 3.05) is 19.0 Å². The van der Waals surface area contributed by atoms with Gasteiger partial charge in [-0.25, -0.2) is 4.99 Å². The average Bonchev–Trinajstić information content (AvgIpc) is 3.17. The quantitative estimate of drug-likeness (QED) is 0.375. The summed E-state index contributed by atoms with van der Waals surface area (Å²) in [4.78, 5) is 6.57. The zero-order chi connectivity index (χ0) is 20.9. The first kappa shape index (κ1) is 19.2. The van der Waals surface area contributed by atoms with Crippen LogP contribution in [0.2, 0.25) is 0 Å². The Kier molecular flexibility index (Phi) is 5.45. The van der Waals surface area contributed by atoms with Crippen LogP contribution in [0.3, 0.4) is 0 Å². The van der Waals surface area contributed by atoms with Gasteiger partial charge < -0.3 is 9.32 Å². The molecule has 30 heavy (non-hydrogen) atoms. The van der Waals surface area contributed by atoms with E-state index in [9.17, 15) is 5.26 Å². The Labute approximate surface area is 176 Å². The molecule has 0 aliphatic heterocycles. The number of nitriles is 1. The molecule has 0 aliphatic rings. The van der Waals surface area contributed by atoms with Crippen molar-refractivity contribution in [3.05, 3.63) is 96.1 Å². The van der Waals surface area contributed by atoms with Crippen LogP contribution < -0.4 is 4.90 Å². The molecule has 1 heterocycles. The van der Waals surface area contributed by atoms with E-state index in [1.807, 2.05) is 104 Å². The Hall–Kier alpha value is -4.10. The fourth-order valence-corrected chi connectivity index (χ4v) is 3.28. The third-order valence-electron chi connectivity index (χ3n) is 4.84. The molecular weight excluding hydrogens is 370 g/mol. The molecule has 146 valence electrons. The highest BCUT2D eigenvalue weighted by Crippen LogP contribution is 2.42. The number of benzene rings is 3. The summed E-state index contributed by atoms with van der Waals surface area (Å²) in [6, 6.07) is 29.9. The highest BCUT2D eigenvalue weighted by atomic mass is 16.4. The van der Waals surface area contributed by atoms with Crippen molar-refractivity contribution in [2.45, 2.75) is 0 Å². The lowest BCUT2D eigenvalue weighted by Crippen LogP contribution is -2.08. The monoisotopic (exact) mass is 391 g/mol. The Morgan fingerprint density at radius 3 is 2.00 bits per heavy atom. The minimum absolute atomic E-state index is 0.312. The molecule has 0 unspecified atom stereocenters. The summed E-state index contributed by atoms with van der Waals surface area (Å²) in [5.41, 5.74) is 5.07. The van der Waals surface area contributed by atoms with Gasteiger partial charge in [-0.1, -0.05) is 72.8 Å². The van der Waals surface area contributed by atoms with Crippen molar-refractivity contribution >= 4 is 17.8 Å². The van der Waals surface area contributed by atoms with Crippen LogP contribution in [0.5, 0.6) is 0 Å². The van der Waals surface area contributed by atoms with Gasteiger partial charge in [0.05, 0.1) is 0 Å². The Morgan fingerprint density at radius 1 is 0.833 bits per heavy atom. The molecule has 4 heteroatoms. The van der Waals surface area contributed by atoms with Gasteiger partial charge >= 0.3 is 0 Å². The highest BCUT2D eigenvalue weighted by molar-refractivity contribution is 5.90. The standard InChI is InChI=1S/C26H21N3O/c1-29(2)22-15-13-19(14-16-22)18-28-26-23(17-27)24(20-9-5-3-6-10-20)25(30-26)21-11-7-4-8-12-21/h3-16,18H,1-2H3/b28-18+. The van der Waals surface area contributed by atoms with E-state index in [0.29, 0.717) is 17.2 Å². The molecule has 0 saturated carbocycles. The predicted molar refractivity (Wildman–Crippen MR) is 122 cm³/mol. The summed E-state index contributed by atoms with van der Waals surface area (Å²) in [6.07, 6.45) is 1.72. The largest absolute Gasteiger partial charge is 0.436 e. The van der Waals surface area contributed by atoms with Gasteiger partial charge in [-0.3, -0.25) is 0 Å². The van der Waals surface area contributed by atoms with E-state index < -0.39 is 0 Å². The topological polar surface area (TPSA) is 52.5 Å². The molecule has 0 radical (unpaired) electrons. The number of nitrogens with zero attached hydrogens (tertiary/aromatic N) is 3. The van der Waals surface area contributed by atoms with E-state index in [2.05, 4.69) is 11.1 Å². The maximum absolute atomic E-state index is 9.93. The molecule has 0 aliphatic carbocycles. The zero-order valence-corrected chi connectivity index (χ0v) is 16.9. The molecule has 1 aromatic heterocycles. The first-order valence-electron chi connectivity index (χ1n) is 9.66. The van der Waals surface area contributed by atoms with E-state index in [1.54, 1.807) is 6.21 Å². The summed E-state index contributed by atoms with van der Waals surface area (Å²) < 4.78 is 6.13. The van der Waals surface area contributed by atoms with E-state index in [0.717, 1.165) is 27.9 Å². The summed E-state index contributed by atoms with van der Waals surface area (Å²) in [5.74, 6) is 0.959. The van der Waals surface area contributed by atoms with Gasteiger partial charge in [0, 0.05) is 37.1 Å². The number of aliphatic imine (C=N–C) groups is 1. The maximum atomic E-state index is 9.93. The van der Waals surface area contributed by atoms with Crippen LogP contribution in [0, 0.1) is 11.3 Å². The second-order valence-corrected chi connectivity index (χ2v) is 7.07. The van der Waals surface area contributed by atoms with Crippen molar-refractivity contribution in [2.24, 2.45) is 4.99 Å². The summed E-state index contributed by atoms with van der Waals surface area (Å²) >= 11 is 0. The number of rotatable bonds is 5. The summed E-state index contributed by atoms with van der Waals surface area (Å²) in [6.45, 7) is 0. The first-order chi connectivity index (χ1) is 14.7. The van der Waals surface area contributed by atoms with Gasteiger partial charge in [0.1, 0.15) is 17.4 Å². The lowest BCUT2D eigenvalue weighted by Gasteiger charge is -2.11. The van der Waals surface area contributed by atoms with Crippen molar-refractivity contribution in [3.8, 4) is 28.5 Å². The van der Waals surface area contributed by atoms with Crippen LogP contribution >= 0.6 is 0 Å². The molecule has 3 aromatic carbocycles. The highest BCUT2D eigenvalue weighted by Gasteiger charge is 2.22. The van der Waals surface area contributed by atoms with E-state index in [4.69, 9.17) is 4.42 Å². The molecule has 0 saturated heterocycles. The first-order valence-corrected chi connectivity index (χ1v) is 9.66. The summed E-state index contributed by atoms with van der Waals surface area (Å²) in [5, 5.41) is 9.93. The van der Waals surface area contributed by atoms with Crippen LogP contribution in [0.4, 0.5) is 11.6 Å². The van der Waals surface area contributed by atoms with Gasteiger partial charge in [0.15, 0.2) is 0 Å². The number of anilines is 1. The lowest BCUT2D eigenvalue weighted by atomic mass is 9.98. The van der Waals surface area contributed by atoms with E-state index in [1.165, 1.54) is 0 Å². The molecule has 0 fully saturated rings. The lowest BCUT2D eigenvalue weighted by molar-refractivity contribution is 0.593. The fraction of sp³-hybridized carbons (Fsp3) is 0.0769. The molecule has 0 amide bonds. The van der Waals surface area contributed by atoms with Gasteiger partial charge in [-0.05, 0) is 23.3 Å². The number of furan rings is 1. The molecule has 0 spiro atoms. The molecule has 4 rings (SSSR count). The Balaban J connectivity index is 1.81. The SMILES string of the molecule is CN(C)c1ccc(/C=N/c2oc(-c3ccccc3)c(-c3ccccc3)c2C#N)cc1. The second kappa shape index (κ2) is 8.50. The van der Waals surface area contributed by atoms with Gasteiger partial charge in [-0.2, -0.15) is 5.26 Å². The zero-order valence-electron chi connectivity index (χ0n) is 16.9. The van der Waals surface area contributed by atoms with Crippen molar-refractivity contribution in [1.29, 1.82) is 5.26 Å². The normalized spacial score (nSPS) is 10.8. The van der Waals surface area contributed by atoms with Crippen LogP contribution in [0.25, 0.3) is 22.5 Å². The van der Waals surface area contributed by atoms with Crippen molar-refractivity contribution in [3.63, 3.8) is 0 Å². The average molecular weight is 391 g/mol. The van der Waals surface area contributed by atoms with Crippen molar-refractivity contribution in [1.82, 2.24) is 0 Å². The molecular formula is C26H21N3O. The van der Waals surface area contributed by atoms with E-state index >= 15 is 0 Å².